The van der Waals surface area contributed by atoms with Gasteiger partial charge in [0.05, 0.1) is 17.4 Å². The van der Waals surface area contributed by atoms with Crippen molar-refractivity contribution in [3.8, 4) is 0 Å². The van der Waals surface area contributed by atoms with E-state index >= 15 is 0 Å². The third-order valence-corrected chi connectivity index (χ3v) is 3.80. The van der Waals surface area contributed by atoms with Crippen LogP contribution in [0.5, 0.6) is 0 Å². The Morgan fingerprint density at radius 2 is 1.96 bits per heavy atom. The SMILES string of the molecule is CC(C)c1cc(C(=O)NC[C@@H](O)c2ccccc2C(F)(F)F)n(C)n1. The van der Waals surface area contributed by atoms with Gasteiger partial charge in [-0.2, -0.15) is 18.3 Å². The van der Waals surface area contributed by atoms with Crippen molar-refractivity contribution in [3.63, 3.8) is 0 Å². The quantitative estimate of drug-likeness (QED) is 0.866. The molecule has 136 valence electrons. The smallest absolute Gasteiger partial charge is 0.387 e. The first-order chi connectivity index (χ1) is 11.6. The lowest BCUT2D eigenvalue weighted by Gasteiger charge is -2.17. The van der Waals surface area contributed by atoms with Crippen LogP contribution in [0.3, 0.4) is 0 Å². The molecule has 5 nitrogen and oxygen atoms in total. The molecular weight excluding hydrogens is 335 g/mol. The van der Waals surface area contributed by atoms with Gasteiger partial charge in [0.1, 0.15) is 5.69 Å². The molecule has 0 spiro atoms. The van der Waals surface area contributed by atoms with Crippen LogP contribution in [-0.2, 0) is 13.2 Å². The van der Waals surface area contributed by atoms with Crippen LogP contribution in [0.4, 0.5) is 13.2 Å². The maximum absolute atomic E-state index is 13.0. The number of carbonyl (C=O) groups is 1. The minimum absolute atomic E-state index is 0.136. The van der Waals surface area contributed by atoms with E-state index in [4.69, 9.17) is 0 Å². The second kappa shape index (κ2) is 7.26. The highest BCUT2D eigenvalue weighted by Gasteiger charge is 2.34. The highest BCUT2D eigenvalue weighted by Crippen LogP contribution is 2.34. The third-order valence-electron chi connectivity index (χ3n) is 3.80. The molecule has 0 saturated carbocycles. The predicted molar refractivity (Wildman–Crippen MR) is 86.0 cm³/mol. The van der Waals surface area contributed by atoms with Gasteiger partial charge in [-0.15, -0.1) is 0 Å². The Kier molecular flexibility index (Phi) is 5.52. The molecule has 0 aliphatic heterocycles. The average Bonchev–Trinajstić information content (AvgIpc) is 2.93. The summed E-state index contributed by atoms with van der Waals surface area (Å²) >= 11 is 0. The fraction of sp³-hybridized carbons (Fsp3) is 0.412. The summed E-state index contributed by atoms with van der Waals surface area (Å²) in [4.78, 5) is 12.2. The summed E-state index contributed by atoms with van der Waals surface area (Å²) in [7, 11) is 1.61. The number of aliphatic hydroxyl groups is 1. The molecular formula is C17H20F3N3O2. The molecule has 2 aromatic rings. The van der Waals surface area contributed by atoms with Crippen molar-refractivity contribution in [3.05, 3.63) is 52.8 Å². The van der Waals surface area contributed by atoms with E-state index in [-0.39, 0.29) is 23.7 Å². The number of benzene rings is 1. The lowest BCUT2D eigenvalue weighted by molar-refractivity contribution is -0.139. The van der Waals surface area contributed by atoms with E-state index < -0.39 is 23.8 Å². The number of nitrogens with one attached hydrogen (secondary N) is 1. The highest BCUT2D eigenvalue weighted by atomic mass is 19.4. The van der Waals surface area contributed by atoms with Crippen LogP contribution in [0, 0.1) is 0 Å². The number of aromatic nitrogens is 2. The molecule has 0 fully saturated rings. The maximum Gasteiger partial charge on any atom is 0.416 e. The van der Waals surface area contributed by atoms with E-state index in [2.05, 4.69) is 10.4 Å². The van der Waals surface area contributed by atoms with E-state index in [0.29, 0.717) is 0 Å². The van der Waals surface area contributed by atoms with Crippen molar-refractivity contribution >= 4 is 5.91 Å². The van der Waals surface area contributed by atoms with Crippen LogP contribution >= 0.6 is 0 Å². The third kappa shape index (κ3) is 4.39. The summed E-state index contributed by atoms with van der Waals surface area (Å²) in [6.45, 7) is 3.53. The topological polar surface area (TPSA) is 67.2 Å². The summed E-state index contributed by atoms with van der Waals surface area (Å²) in [5, 5.41) is 16.7. The number of carbonyl (C=O) groups excluding carboxylic acids is 1. The van der Waals surface area contributed by atoms with Crippen molar-refractivity contribution < 1.29 is 23.1 Å². The van der Waals surface area contributed by atoms with Gasteiger partial charge in [-0.1, -0.05) is 32.0 Å². The fourth-order valence-electron chi connectivity index (χ4n) is 2.42. The molecule has 0 saturated heterocycles. The number of aryl methyl sites for hydroxylation is 1. The molecule has 0 aliphatic carbocycles. The summed E-state index contributed by atoms with van der Waals surface area (Å²) in [5.41, 5.74) is -0.182. The van der Waals surface area contributed by atoms with E-state index in [1.165, 1.54) is 22.9 Å². The van der Waals surface area contributed by atoms with Gasteiger partial charge in [-0.05, 0) is 23.6 Å². The second-order valence-electron chi connectivity index (χ2n) is 6.04. The molecule has 0 aliphatic rings. The normalized spacial score (nSPS) is 13.1. The number of amides is 1. The lowest BCUT2D eigenvalue weighted by Crippen LogP contribution is -2.30. The summed E-state index contributed by atoms with van der Waals surface area (Å²) in [6, 6.07) is 6.37. The zero-order valence-electron chi connectivity index (χ0n) is 14.1. The van der Waals surface area contributed by atoms with E-state index in [0.717, 1.165) is 11.8 Å². The lowest BCUT2D eigenvalue weighted by atomic mass is 10.0. The van der Waals surface area contributed by atoms with Gasteiger partial charge in [-0.25, -0.2) is 0 Å². The molecule has 0 unspecified atom stereocenters. The van der Waals surface area contributed by atoms with Gasteiger partial charge >= 0.3 is 6.18 Å². The Labute approximate surface area is 143 Å². The van der Waals surface area contributed by atoms with Crippen molar-refractivity contribution in [1.82, 2.24) is 15.1 Å². The van der Waals surface area contributed by atoms with Crippen LogP contribution < -0.4 is 5.32 Å². The second-order valence-corrected chi connectivity index (χ2v) is 6.04. The van der Waals surface area contributed by atoms with Crippen LogP contribution in [0.15, 0.2) is 30.3 Å². The van der Waals surface area contributed by atoms with Gasteiger partial charge in [0.25, 0.3) is 5.91 Å². The van der Waals surface area contributed by atoms with Crippen molar-refractivity contribution in [2.24, 2.45) is 7.05 Å². The first kappa shape index (κ1) is 19.0. The Morgan fingerprint density at radius 1 is 1.32 bits per heavy atom. The number of nitrogens with zero attached hydrogens (tertiary/aromatic N) is 2. The molecule has 1 aromatic heterocycles. The minimum Gasteiger partial charge on any atom is -0.387 e. The first-order valence-corrected chi connectivity index (χ1v) is 7.77. The number of hydrogen-bond acceptors (Lipinski definition) is 3. The minimum atomic E-state index is -4.57. The molecule has 2 rings (SSSR count). The van der Waals surface area contributed by atoms with Gasteiger partial charge in [0.15, 0.2) is 0 Å². The van der Waals surface area contributed by atoms with Crippen molar-refractivity contribution in [2.75, 3.05) is 6.54 Å². The molecule has 0 radical (unpaired) electrons. The molecule has 1 amide bonds. The first-order valence-electron chi connectivity index (χ1n) is 7.77. The Balaban J connectivity index is 2.10. The monoisotopic (exact) mass is 355 g/mol. The Bertz CT molecular complexity index is 754. The number of aliphatic hydroxyl groups excluding tert-OH is 1. The zero-order valence-corrected chi connectivity index (χ0v) is 14.1. The van der Waals surface area contributed by atoms with E-state index in [9.17, 15) is 23.1 Å². The van der Waals surface area contributed by atoms with Crippen LogP contribution in [0.1, 0.15) is 53.2 Å². The van der Waals surface area contributed by atoms with Gasteiger partial charge in [0, 0.05) is 13.6 Å². The maximum atomic E-state index is 13.0. The molecule has 1 aromatic carbocycles. The molecule has 1 atom stereocenters. The summed E-state index contributed by atoms with van der Waals surface area (Å²) in [5.74, 6) is -0.373. The number of rotatable bonds is 5. The van der Waals surface area contributed by atoms with E-state index in [1.54, 1.807) is 13.1 Å². The zero-order chi connectivity index (χ0) is 18.8. The van der Waals surface area contributed by atoms with Crippen molar-refractivity contribution in [1.29, 1.82) is 0 Å². The highest BCUT2D eigenvalue weighted by molar-refractivity contribution is 5.92. The standard InChI is InChI=1S/C17H20F3N3O2/c1-10(2)13-8-14(23(3)22-13)16(25)21-9-15(24)11-6-4-5-7-12(11)17(18,19)20/h4-8,10,15,24H,9H2,1-3H3,(H,21,25)/t15-/m1/s1. The number of hydrogen-bond donors (Lipinski definition) is 2. The predicted octanol–water partition coefficient (Wildman–Crippen LogP) is 3.03. The summed E-state index contributed by atoms with van der Waals surface area (Å²) < 4.78 is 40.4. The average molecular weight is 355 g/mol. The summed E-state index contributed by atoms with van der Waals surface area (Å²) in [6.07, 6.45) is -6.05. The number of halogens is 3. The number of alkyl halides is 3. The van der Waals surface area contributed by atoms with Crippen molar-refractivity contribution in [2.45, 2.75) is 32.0 Å². The van der Waals surface area contributed by atoms with Gasteiger partial charge in [0.2, 0.25) is 0 Å². The molecule has 25 heavy (non-hydrogen) atoms. The van der Waals surface area contributed by atoms with E-state index in [1.807, 2.05) is 13.8 Å². The fourth-order valence-corrected chi connectivity index (χ4v) is 2.42. The molecule has 1 heterocycles. The van der Waals surface area contributed by atoms with Crippen LogP contribution in [0.25, 0.3) is 0 Å². The van der Waals surface area contributed by atoms with Gasteiger partial charge in [-0.3, -0.25) is 9.48 Å². The Hall–Kier alpha value is -2.35. The molecule has 2 N–H and O–H groups in total. The van der Waals surface area contributed by atoms with Gasteiger partial charge < -0.3 is 10.4 Å². The van der Waals surface area contributed by atoms with Crippen LogP contribution in [-0.4, -0.2) is 27.3 Å². The van der Waals surface area contributed by atoms with Crippen LogP contribution in [0.2, 0.25) is 0 Å². The largest absolute Gasteiger partial charge is 0.416 e. The molecule has 8 heteroatoms. The Morgan fingerprint density at radius 3 is 2.52 bits per heavy atom. The molecule has 0 bridgehead atoms.